The number of carbonyl (C=O) groups is 1. The molecule has 0 amide bonds. The Morgan fingerprint density at radius 2 is 1.95 bits per heavy atom. The van der Waals surface area contributed by atoms with Crippen LogP contribution in [0.2, 0.25) is 0 Å². The highest BCUT2D eigenvalue weighted by Gasteiger charge is 2.05. The molecule has 0 aliphatic rings. The van der Waals surface area contributed by atoms with Crippen molar-refractivity contribution in [3.8, 4) is 5.75 Å². The predicted octanol–water partition coefficient (Wildman–Crippen LogP) is 3.67. The fourth-order valence-electron chi connectivity index (χ4n) is 1.93. The highest BCUT2D eigenvalue weighted by atomic mass is 16.5. The van der Waals surface area contributed by atoms with Crippen molar-refractivity contribution in [3.05, 3.63) is 59.2 Å². The van der Waals surface area contributed by atoms with Crippen LogP contribution in [0.4, 0.5) is 5.69 Å². The Hall–Kier alpha value is -2.46. The molecule has 0 bridgehead atoms. The van der Waals surface area contributed by atoms with Crippen LogP contribution in [0.1, 0.15) is 28.4 Å². The van der Waals surface area contributed by atoms with Crippen LogP contribution in [0.25, 0.3) is 0 Å². The quantitative estimate of drug-likeness (QED) is 0.653. The normalized spacial score (nSPS) is 11.0. The molecule has 0 aliphatic carbocycles. The molecule has 0 heterocycles. The van der Waals surface area contributed by atoms with Crippen LogP contribution in [0.3, 0.4) is 0 Å². The van der Waals surface area contributed by atoms with Gasteiger partial charge in [-0.25, -0.2) is 0 Å². The average molecular weight is 297 g/mol. The third-order valence-electron chi connectivity index (χ3n) is 3.16. The number of phenols is 1. The van der Waals surface area contributed by atoms with E-state index in [-0.39, 0.29) is 18.1 Å². The van der Waals surface area contributed by atoms with E-state index in [2.05, 4.69) is 4.99 Å². The van der Waals surface area contributed by atoms with E-state index in [0.717, 1.165) is 5.56 Å². The maximum Gasteiger partial charge on any atom is 0.188 e. The highest BCUT2D eigenvalue weighted by molar-refractivity contribution is 5.97. The SMILES string of the molecule is CCOCC(=O)c1ccc(/N=C/c2cc(C)ccc2O)cc1. The first-order valence-corrected chi connectivity index (χ1v) is 7.15. The van der Waals surface area contributed by atoms with Crippen LogP contribution >= 0.6 is 0 Å². The standard InChI is InChI=1S/C18H19NO3/c1-3-22-12-18(21)14-5-7-16(8-6-14)19-11-15-10-13(2)4-9-17(15)20/h4-11,20H,3,12H2,1-2H3/b19-11+. The summed E-state index contributed by atoms with van der Waals surface area (Å²) in [6.07, 6.45) is 1.61. The molecule has 114 valence electrons. The van der Waals surface area contributed by atoms with E-state index in [1.165, 1.54) is 0 Å². The molecule has 0 radical (unpaired) electrons. The van der Waals surface area contributed by atoms with Gasteiger partial charge in [0.25, 0.3) is 0 Å². The minimum Gasteiger partial charge on any atom is -0.507 e. The number of aromatic hydroxyl groups is 1. The van der Waals surface area contributed by atoms with Crippen LogP contribution < -0.4 is 0 Å². The van der Waals surface area contributed by atoms with E-state index in [1.807, 2.05) is 26.0 Å². The lowest BCUT2D eigenvalue weighted by Crippen LogP contribution is -2.08. The maximum atomic E-state index is 11.8. The molecular formula is C18H19NO3. The van der Waals surface area contributed by atoms with Crippen molar-refractivity contribution in [3.63, 3.8) is 0 Å². The minimum absolute atomic E-state index is 0.0475. The van der Waals surface area contributed by atoms with Crippen LogP contribution in [-0.4, -0.2) is 30.3 Å². The maximum absolute atomic E-state index is 11.8. The summed E-state index contributed by atoms with van der Waals surface area (Å²) in [7, 11) is 0. The van der Waals surface area contributed by atoms with E-state index < -0.39 is 0 Å². The smallest absolute Gasteiger partial charge is 0.188 e. The summed E-state index contributed by atoms with van der Waals surface area (Å²) in [6, 6.07) is 12.3. The number of ether oxygens (including phenoxy) is 1. The largest absolute Gasteiger partial charge is 0.507 e. The highest BCUT2D eigenvalue weighted by Crippen LogP contribution is 2.18. The van der Waals surface area contributed by atoms with Gasteiger partial charge in [-0.05, 0) is 50.2 Å². The molecule has 0 aliphatic heterocycles. The Kier molecular flexibility index (Phi) is 5.44. The molecule has 0 spiro atoms. The van der Waals surface area contributed by atoms with Crippen molar-refractivity contribution < 1.29 is 14.6 Å². The molecule has 4 nitrogen and oxygen atoms in total. The van der Waals surface area contributed by atoms with E-state index in [4.69, 9.17) is 4.74 Å². The van der Waals surface area contributed by atoms with Crippen LogP contribution in [0.5, 0.6) is 5.75 Å². The van der Waals surface area contributed by atoms with Gasteiger partial charge in [0.15, 0.2) is 5.78 Å². The summed E-state index contributed by atoms with van der Waals surface area (Å²) >= 11 is 0. The lowest BCUT2D eigenvalue weighted by molar-refractivity contribution is 0.0783. The number of hydrogen-bond acceptors (Lipinski definition) is 4. The van der Waals surface area contributed by atoms with Gasteiger partial charge in [0.2, 0.25) is 0 Å². The molecule has 0 saturated carbocycles. The second-order valence-electron chi connectivity index (χ2n) is 4.93. The molecule has 0 unspecified atom stereocenters. The number of rotatable bonds is 6. The number of benzene rings is 2. The average Bonchev–Trinajstić information content (AvgIpc) is 2.54. The van der Waals surface area contributed by atoms with Crippen molar-refractivity contribution in [2.75, 3.05) is 13.2 Å². The van der Waals surface area contributed by atoms with Gasteiger partial charge in [-0.3, -0.25) is 9.79 Å². The van der Waals surface area contributed by atoms with E-state index in [9.17, 15) is 9.90 Å². The molecule has 0 aromatic heterocycles. The second kappa shape index (κ2) is 7.52. The second-order valence-corrected chi connectivity index (χ2v) is 4.93. The zero-order chi connectivity index (χ0) is 15.9. The number of nitrogens with zero attached hydrogens (tertiary/aromatic N) is 1. The monoisotopic (exact) mass is 297 g/mol. The summed E-state index contributed by atoms with van der Waals surface area (Å²) in [4.78, 5) is 16.1. The molecule has 0 fully saturated rings. The van der Waals surface area contributed by atoms with Gasteiger partial charge < -0.3 is 9.84 Å². The van der Waals surface area contributed by atoms with Crippen molar-refractivity contribution >= 4 is 17.7 Å². The molecule has 2 rings (SSSR count). The molecule has 4 heteroatoms. The zero-order valence-electron chi connectivity index (χ0n) is 12.7. The first-order valence-electron chi connectivity index (χ1n) is 7.15. The van der Waals surface area contributed by atoms with Gasteiger partial charge in [0.1, 0.15) is 12.4 Å². The lowest BCUT2D eigenvalue weighted by atomic mass is 10.1. The van der Waals surface area contributed by atoms with Crippen LogP contribution in [-0.2, 0) is 4.74 Å². The summed E-state index contributed by atoms with van der Waals surface area (Å²) in [5.41, 5.74) is 3.03. The van der Waals surface area contributed by atoms with Crippen LogP contribution in [0.15, 0.2) is 47.5 Å². The molecule has 2 aromatic carbocycles. The number of ketones is 1. The minimum atomic E-state index is -0.0475. The van der Waals surface area contributed by atoms with Crippen molar-refractivity contribution in [2.24, 2.45) is 4.99 Å². The number of aliphatic imine (C=N–C) groups is 1. The molecular weight excluding hydrogens is 278 g/mol. The number of phenolic OH excluding ortho intramolecular Hbond substituents is 1. The van der Waals surface area contributed by atoms with E-state index in [0.29, 0.717) is 23.4 Å². The van der Waals surface area contributed by atoms with Gasteiger partial charge in [0, 0.05) is 23.9 Å². The van der Waals surface area contributed by atoms with Gasteiger partial charge in [-0.2, -0.15) is 0 Å². The predicted molar refractivity (Wildman–Crippen MR) is 87.4 cm³/mol. The van der Waals surface area contributed by atoms with Crippen molar-refractivity contribution in [1.82, 2.24) is 0 Å². The number of carbonyl (C=O) groups excluding carboxylic acids is 1. The van der Waals surface area contributed by atoms with Crippen molar-refractivity contribution in [1.29, 1.82) is 0 Å². The summed E-state index contributed by atoms with van der Waals surface area (Å²) in [6.45, 7) is 4.42. The third-order valence-corrected chi connectivity index (χ3v) is 3.16. The molecule has 22 heavy (non-hydrogen) atoms. The molecule has 1 N–H and O–H groups in total. The van der Waals surface area contributed by atoms with Gasteiger partial charge in [-0.15, -0.1) is 0 Å². The number of aryl methyl sites for hydroxylation is 1. The third kappa shape index (κ3) is 4.27. The van der Waals surface area contributed by atoms with Crippen molar-refractivity contribution in [2.45, 2.75) is 13.8 Å². The van der Waals surface area contributed by atoms with Gasteiger partial charge in [-0.1, -0.05) is 11.6 Å². The van der Waals surface area contributed by atoms with Gasteiger partial charge in [0.05, 0.1) is 5.69 Å². The number of Topliss-reactive ketones (excluding diaryl/α,β-unsaturated/α-hetero) is 1. The fourth-order valence-corrected chi connectivity index (χ4v) is 1.93. The molecule has 0 saturated heterocycles. The Bertz CT molecular complexity index is 675. The first-order chi connectivity index (χ1) is 10.6. The van der Waals surface area contributed by atoms with E-state index in [1.54, 1.807) is 36.5 Å². The Balaban J connectivity index is 2.09. The van der Waals surface area contributed by atoms with E-state index >= 15 is 0 Å². The summed E-state index contributed by atoms with van der Waals surface area (Å²) in [5, 5.41) is 9.76. The Morgan fingerprint density at radius 1 is 1.23 bits per heavy atom. The molecule has 0 atom stereocenters. The molecule has 2 aromatic rings. The van der Waals surface area contributed by atoms with Gasteiger partial charge >= 0.3 is 0 Å². The summed E-state index contributed by atoms with van der Waals surface area (Å²) < 4.78 is 5.10. The Labute approximate surface area is 130 Å². The summed E-state index contributed by atoms with van der Waals surface area (Å²) in [5.74, 6) is 0.145. The Morgan fingerprint density at radius 3 is 2.64 bits per heavy atom. The zero-order valence-corrected chi connectivity index (χ0v) is 12.7. The number of hydrogen-bond donors (Lipinski definition) is 1. The fraction of sp³-hybridized carbons (Fsp3) is 0.222. The topological polar surface area (TPSA) is 58.9 Å². The van der Waals surface area contributed by atoms with Crippen LogP contribution in [0, 0.1) is 6.92 Å². The first kappa shape index (κ1) is 15.9. The lowest BCUT2D eigenvalue weighted by Gasteiger charge is -2.02.